The number of rotatable bonds is 2. The van der Waals surface area contributed by atoms with Gasteiger partial charge in [-0.15, -0.1) is 0 Å². The summed E-state index contributed by atoms with van der Waals surface area (Å²) in [5.74, 6) is -0.353. The average molecular weight is 215 g/mol. The summed E-state index contributed by atoms with van der Waals surface area (Å²) >= 11 is 0. The summed E-state index contributed by atoms with van der Waals surface area (Å²) in [4.78, 5) is 3.92. The molecular weight excluding hydrogens is 198 g/mol. The van der Waals surface area contributed by atoms with Gasteiger partial charge in [-0.2, -0.15) is 0 Å². The Labute approximate surface area is 88.6 Å². The summed E-state index contributed by atoms with van der Waals surface area (Å²) in [7, 11) is 0. The third-order valence-corrected chi connectivity index (χ3v) is 2.65. The maximum absolute atomic E-state index is 5.82. The molecule has 2 rings (SSSR count). The zero-order valence-electron chi connectivity index (χ0n) is 8.65. The summed E-state index contributed by atoms with van der Waals surface area (Å²) in [6, 6.07) is 0. The van der Waals surface area contributed by atoms with Crippen molar-refractivity contribution in [3.63, 3.8) is 0 Å². The van der Waals surface area contributed by atoms with E-state index in [4.69, 9.17) is 25.7 Å². The maximum atomic E-state index is 5.82. The molecule has 0 aromatic rings. The molecule has 2 saturated heterocycles. The van der Waals surface area contributed by atoms with E-state index in [1.807, 2.05) is 0 Å². The van der Waals surface area contributed by atoms with Gasteiger partial charge in [-0.25, -0.2) is 0 Å². The van der Waals surface area contributed by atoms with E-state index < -0.39 is 5.79 Å². The Morgan fingerprint density at radius 3 is 2.73 bits per heavy atom. The van der Waals surface area contributed by atoms with Gasteiger partial charge < -0.3 is 25.7 Å². The van der Waals surface area contributed by atoms with Gasteiger partial charge in [-0.3, -0.25) is 4.99 Å². The molecule has 4 N–H and O–H groups in total. The van der Waals surface area contributed by atoms with Crippen molar-refractivity contribution in [3.8, 4) is 0 Å². The maximum Gasteiger partial charge on any atom is 0.186 e. The van der Waals surface area contributed by atoms with E-state index in [9.17, 15) is 0 Å². The lowest BCUT2D eigenvalue weighted by Gasteiger charge is -2.31. The summed E-state index contributed by atoms with van der Waals surface area (Å²) in [6.45, 7) is 2.39. The van der Waals surface area contributed by atoms with Crippen LogP contribution in [0.1, 0.15) is 12.8 Å². The molecule has 1 spiro atoms. The Hall–Kier alpha value is -0.850. The number of ether oxygens (including phenoxy) is 3. The van der Waals surface area contributed by atoms with Crippen molar-refractivity contribution in [2.24, 2.45) is 16.5 Å². The predicted octanol–water partition coefficient (Wildman–Crippen LogP) is -0.818. The lowest BCUT2D eigenvalue weighted by Crippen LogP contribution is -2.38. The van der Waals surface area contributed by atoms with Crippen LogP contribution in [-0.2, 0) is 14.2 Å². The van der Waals surface area contributed by atoms with Gasteiger partial charge in [0.15, 0.2) is 11.7 Å². The van der Waals surface area contributed by atoms with Crippen molar-refractivity contribution in [2.75, 3.05) is 26.4 Å². The highest BCUT2D eigenvalue weighted by atomic mass is 16.7. The van der Waals surface area contributed by atoms with Crippen LogP contribution in [0.5, 0.6) is 0 Å². The first-order chi connectivity index (χ1) is 7.20. The first kappa shape index (κ1) is 10.7. The van der Waals surface area contributed by atoms with Gasteiger partial charge in [-0.05, 0) is 0 Å². The quantitative estimate of drug-likeness (QED) is 0.464. The van der Waals surface area contributed by atoms with Gasteiger partial charge in [0.1, 0.15) is 6.10 Å². The fourth-order valence-corrected chi connectivity index (χ4v) is 1.86. The molecule has 2 aliphatic heterocycles. The second kappa shape index (κ2) is 4.34. The van der Waals surface area contributed by atoms with Gasteiger partial charge in [0.25, 0.3) is 0 Å². The van der Waals surface area contributed by atoms with Crippen LogP contribution in [-0.4, -0.2) is 44.2 Å². The minimum Gasteiger partial charge on any atom is -0.381 e. The zero-order chi connectivity index (χ0) is 10.7. The molecule has 6 nitrogen and oxygen atoms in total. The minimum absolute atomic E-state index is 0.0369. The molecule has 1 atom stereocenters. The topological polar surface area (TPSA) is 92.1 Å². The molecule has 0 bridgehead atoms. The normalized spacial score (nSPS) is 29.2. The van der Waals surface area contributed by atoms with Crippen LogP contribution in [0.4, 0.5) is 0 Å². The fourth-order valence-electron chi connectivity index (χ4n) is 1.86. The van der Waals surface area contributed by atoms with Crippen LogP contribution in [0.2, 0.25) is 0 Å². The van der Waals surface area contributed by atoms with Gasteiger partial charge >= 0.3 is 0 Å². The standard InChI is InChI=1S/C9H17N3O3/c10-8(11)12-5-7-6-14-9(15-7)1-3-13-4-2-9/h7H,1-6H2,(H4,10,11,12)/t7-/m1/s1. The van der Waals surface area contributed by atoms with Crippen LogP contribution >= 0.6 is 0 Å². The summed E-state index contributed by atoms with van der Waals surface area (Å²) in [5.41, 5.74) is 10.5. The second-order valence-electron chi connectivity index (χ2n) is 3.84. The lowest BCUT2D eigenvalue weighted by molar-refractivity contribution is -0.210. The van der Waals surface area contributed by atoms with Gasteiger partial charge in [0.2, 0.25) is 0 Å². The highest BCUT2D eigenvalue weighted by Gasteiger charge is 2.42. The Bertz CT molecular complexity index is 247. The van der Waals surface area contributed by atoms with Crippen LogP contribution in [0.3, 0.4) is 0 Å². The number of guanidine groups is 1. The molecular formula is C9H17N3O3. The lowest BCUT2D eigenvalue weighted by atomic mass is 10.1. The van der Waals surface area contributed by atoms with E-state index in [0.717, 1.165) is 12.8 Å². The SMILES string of the molecule is NC(N)=NC[C@@H]1COC2(CCOCC2)O1. The predicted molar refractivity (Wildman–Crippen MR) is 54.3 cm³/mol. The Kier molecular flexibility index (Phi) is 3.08. The van der Waals surface area contributed by atoms with Crippen molar-refractivity contribution >= 4 is 5.96 Å². The van der Waals surface area contributed by atoms with E-state index in [0.29, 0.717) is 26.4 Å². The largest absolute Gasteiger partial charge is 0.381 e. The smallest absolute Gasteiger partial charge is 0.186 e. The van der Waals surface area contributed by atoms with Crippen LogP contribution in [0.15, 0.2) is 4.99 Å². The highest BCUT2D eigenvalue weighted by Crippen LogP contribution is 2.33. The summed E-state index contributed by atoms with van der Waals surface area (Å²) < 4.78 is 16.8. The molecule has 0 aliphatic carbocycles. The van der Waals surface area contributed by atoms with E-state index >= 15 is 0 Å². The highest BCUT2D eigenvalue weighted by molar-refractivity contribution is 5.75. The first-order valence-electron chi connectivity index (χ1n) is 5.15. The summed E-state index contributed by atoms with van der Waals surface area (Å²) in [6.07, 6.45) is 1.53. The number of aliphatic imine (C=N–C) groups is 1. The van der Waals surface area contributed by atoms with Crippen molar-refractivity contribution in [3.05, 3.63) is 0 Å². The number of nitrogens with zero attached hydrogens (tertiary/aromatic N) is 1. The van der Waals surface area contributed by atoms with E-state index in [2.05, 4.69) is 4.99 Å². The summed E-state index contributed by atoms with van der Waals surface area (Å²) in [5, 5.41) is 0. The Morgan fingerprint density at radius 1 is 1.33 bits per heavy atom. The molecule has 0 unspecified atom stereocenters. The van der Waals surface area contributed by atoms with Crippen molar-refractivity contribution in [1.29, 1.82) is 0 Å². The molecule has 15 heavy (non-hydrogen) atoms. The second-order valence-corrected chi connectivity index (χ2v) is 3.84. The Morgan fingerprint density at radius 2 is 2.07 bits per heavy atom. The fraction of sp³-hybridized carbons (Fsp3) is 0.889. The molecule has 6 heteroatoms. The molecule has 2 fully saturated rings. The van der Waals surface area contributed by atoms with E-state index in [-0.39, 0.29) is 12.1 Å². The number of nitrogens with two attached hydrogens (primary N) is 2. The van der Waals surface area contributed by atoms with Crippen LogP contribution in [0.25, 0.3) is 0 Å². The van der Waals surface area contributed by atoms with Crippen molar-refractivity contribution < 1.29 is 14.2 Å². The third kappa shape index (κ3) is 2.58. The Balaban J connectivity index is 1.85. The van der Waals surface area contributed by atoms with Gasteiger partial charge in [0.05, 0.1) is 26.4 Å². The monoisotopic (exact) mass is 215 g/mol. The van der Waals surface area contributed by atoms with E-state index in [1.165, 1.54) is 0 Å². The third-order valence-electron chi connectivity index (χ3n) is 2.65. The number of hydrogen-bond acceptors (Lipinski definition) is 4. The van der Waals surface area contributed by atoms with Crippen molar-refractivity contribution in [2.45, 2.75) is 24.7 Å². The molecule has 2 heterocycles. The van der Waals surface area contributed by atoms with Crippen molar-refractivity contribution in [1.82, 2.24) is 0 Å². The minimum atomic E-state index is -0.443. The molecule has 86 valence electrons. The molecule has 0 aromatic carbocycles. The molecule has 0 amide bonds. The van der Waals surface area contributed by atoms with Gasteiger partial charge in [-0.1, -0.05) is 0 Å². The van der Waals surface area contributed by atoms with Crippen LogP contribution < -0.4 is 11.5 Å². The first-order valence-corrected chi connectivity index (χ1v) is 5.15. The van der Waals surface area contributed by atoms with Crippen LogP contribution in [0, 0.1) is 0 Å². The zero-order valence-corrected chi connectivity index (χ0v) is 8.65. The van der Waals surface area contributed by atoms with E-state index in [1.54, 1.807) is 0 Å². The molecule has 0 radical (unpaired) electrons. The van der Waals surface area contributed by atoms with Gasteiger partial charge in [0, 0.05) is 12.8 Å². The number of hydrogen-bond donors (Lipinski definition) is 2. The average Bonchev–Trinajstić information content (AvgIpc) is 2.60. The molecule has 0 saturated carbocycles. The molecule has 2 aliphatic rings. The molecule has 0 aromatic heterocycles.